The summed E-state index contributed by atoms with van der Waals surface area (Å²) in [4.78, 5) is 19.0. The molecule has 2 N–H and O–H groups in total. The van der Waals surface area contributed by atoms with Gasteiger partial charge in [-0.25, -0.2) is 4.79 Å². The Hall–Kier alpha value is -3.52. The molecule has 33 heavy (non-hydrogen) atoms. The number of hydrazine groups is 1. The summed E-state index contributed by atoms with van der Waals surface area (Å²) >= 11 is 1.77. The Balaban J connectivity index is 1.73. The fourth-order valence-corrected chi connectivity index (χ4v) is 4.80. The first kappa shape index (κ1) is 22.7. The molecule has 0 aliphatic carbocycles. The Bertz CT molecular complexity index is 1120. The highest BCUT2D eigenvalue weighted by atomic mass is 32.2. The quantitative estimate of drug-likeness (QED) is 0.496. The van der Waals surface area contributed by atoms with E-state index in [1.54, 1.807) is 18.8 Å². The SMILES string of the molecule is CN(Cc1cccc(NN2c3ccc(N(C)C)cc3Sc3cc(N(C)C)ccc32)c1)C(=O)O. The molecule has 172 valence electrons. The molecule has 1 heterocycles. The zero-order valence-electron chi connectivity index (χ0n) is 19.5. The van der Waals surface area contributed by atoms with Crippen LogP contribution in [0.1, 0.15) is 5.56 Å². The van der Waals surface area contributed by atoms with Gasteiger partial charge in [-0.1, -0.05) is 23.9 Å². The Kier molecular flexibility index (Phi) is 6.29. The number of carboxylic acid groups (broad SMARTS) is 1. The summed E-state index contributed by atoms with van der Waals surface area (Å²) in [6, 6.07) is 20.8. The lowest BCUT2D eigenvalue weighted by molar-refractivity contribution is 0.154. The van der Waals surface area contributed by atoms with Crippen LogP contribution in [0.3, 0.4) is 0 Å². The van der Waals surface area contributed by atoms with Crippen molar-refractivity contribution >= 4 is 46.3 Å². The van der Waals surface area contributed by atoms with Crippen LogP contribution >= 0.6 is 11.8 Å². The monoisotopic (exact) mass is 463 g/mol. The topological polar surface area (TPSA) is 62.3 Å². The van der Waals surface area contributed by atoms with E-state index in [1.807, 2.05) is 52.5 Å². The van der Waals surface area contributed by atoms with Crippen molar-refractivity contribution in [3.63, 3.8) is 0 Å². The highest BCUT2D eigenvalue weighted by Gasteiger charge is 2.25. The molecule has 3 aromatic rings. The third-order valence-corrected chi connectivity index (χ3v) is 6.63. The summed E-state index contributed by atoms with van der Waals surface area (Å²) in [7, 11) is 9.75. The van der Waals surface area contributed by atoms with Crippen molar-refractivity contribution in [2.75, 3.05) is 55.5 Å². The number of benzene rings is 3. The van der Waals surface area contributed by atoms with E-state index in [0.29, 0.717) is 6.54 Å². The highest BCUT2D eigenvalue weighted by Crippen LogP contribution is 2.50. The van der Waals surface area contributed by atoms with E-state index in [-0.39, 0.29) is 0 Å². The Morgan fingerprint density at radius 3 is 1.97 bits per heavy atom. The Morgan fingerprint density at radius 2 is 1.45 bits per heavy atom. The summed E-state index contributed by atoms with van der Waals surface area (Å²) in [5, 5.41) is 11.3. The van der Waals surface area contributed by atoms with Gasteiger partial charge < -0.3 is 19.8 Å². The Morgan fingerprint density at radius 1 is 0.879 bits per heavy atom. The number of nitrogens with zero attached hydrogens (tertiary/aromatic N) is 4. The van der Waals surface area contributed by atoms with Gasteiger partial charge in [-0.15, -0.1) is 0 Å². The number of rotatable bonds is 6. The summed E-state index contributed by atoms with van der Waals surface area (Å²) in [6.45, 7) is 0.326. The van der Waals surface area contributed by atoms with Crippen molar-refractivity contribution in [2.45, 2.75) is 16.3 Å². The lowest BCUT2D eigenvalue weighted by Crippen LogP contribution is -2.28. The second-order valence-corrected chi connectivity index (χ2v) is 9.56. The molecule has 1 amide bonds. The molecule has 7 nitrogen and oxygen atoms in total. The molecule has 0 saturated carbocycles. The van der Waals surface area contributed by atoms with Crippen LogP contribution in [0.5, 0.6) is 0 Å². The minimum Gasteiger partial charge on any atom is -0.465 e. The summed E-state index contributed by atoms with van der Waals surface area (Å²) in [6.07, 6.45) is -0.947. The fourth-order valence-electron chi connectivity index (χ4n) is 3.67. The summed E-state index contributed by atoms with van der Waals surface area (Å²) in [5.41, 5.74) is 9.81. The van der Waals surface area contributed by atoms with Crippen LogP contribution in [0.25, 0.3) is 0 Å². The van der Waals surface area contributed by atoms with Gasteiger partial charge in [0.15, 0.2) is 0 Å². The maximum atomic E-state index is 11.2. The molecule has 0 unspecified atom stereocenters. The van der Waals surface area contributed by atoms with Gasteiger partial charge in [0.05, 0.1) is 17.1 Å². The molecule has 1 aliphatic heterocycles. The second-order valence-electron chi connectivity index (χ2n) is 8.48. The van der Waals surface area contributed by atoms with Crippen LogP contribution in [0.15, 0.2) is 70.5 Å². The Labute approximate surface area is 199 Å². The first-order valence-electron chi connectivity index (χ1n) is 10.6. The normalized spacial score (nSPS) is 12.0. The van der Waals surface area contributed by atoms with Gasteiger partial charge in [0, 0.05) is 62.9 Å². The van der Waals surface area contributed by atoms with E-state index in [0.717, 1.165) is 34.0 Å². The molecule has 4 rings (SSSR count). The number of anilines is 5. The molecular formula is C25H29N5O2S. The minimum absolute atomic E-state index is 0.326. The van der Waals surface area contributed by atoms with Crippen LogP contribution in [0.4, 0.5) is 33.2 Å². The number of nitrogens with one attached hydrogen (secondary N) is 1. The highest BCUT2D eigenvalue weighted by molar-refractivity contribution is 7.99. The predicted octanol–water partition coefficient (Wildman–Crippen LogP) is 5.56. The molecule has 0 atom stereocenters. The van der Waals surface area contributed by atoms with Crippen LogP contribution in [0.2, 0.25) is 0 Å². The zero-order valence-corrected chi connectivity index (χ0v) is 20.3. The minimum atomic E-state index is -0.947. The standard InChI is InChI=1S/C25H29N5O2S/c1-27(2)19-9-11-21-23(14-19)33-24-15-20(28(3)4)10-12-22(24)30(21)26-18-8-6-7-17(13-18)16-29(5)25(31)32/h6-15,26H,16H2,1-5H3,(H,31,32). The van der Waals surface area contributed by atoms with Crippen LogP contribution < -0.4 is 20.2 Å². The number of amides is 1. The second kappa shape index (κ2) is 9.15. The van der Waals surface area contributed by atoms with Crippen molar-refractivity contribution in [3.05, 3.63) is 66.2 Å². The van der Waals surface area contributed by atoms with E-state index in [9.17, 15) is 9.90 Å². The van der Waals surface area contributed by atoms with Crippen molar-refractivity contribution < 1.29 is 9.90 Å². The lowest BCUT2D eigenvalue weighted by Gasteiger charge is -2.34. The third kappa shape index (κ3) is 4.80. The van der Waals surface area contributed by atoms with E-state index < -0.39 is 6.09 Å². The molecule has 0 bridgehead atoms. The third-order valence-electron chi connectivity index (χ3n) is 5.54. The first-order chi connectivity index (χ1) is 15.7. The number of hydrogen-bond acceptors (Lipinski definition) is 6. The van der Waals surface area contributed by atoms with Crippen LogP contribution in [0, 0.1) is 0 Å². The molecule has 0 saturated heterocycles. The van der Waals surface area contributed by atoms with Crippen molar-refractivity contribution in [1.29, 1.82) is 0 Å². The average molecular weight is 464 g/mol. The predicted molar refractivity (Wildman–Crippen MR) is 137 cm³/mol. The summed E-state index contributed by atoms with van der Waals surface area (Å²) in [5.74, 6) is 0. The molecule has 0 aromatic heterocycles. The maximum Gasteiger partial charge on any atom is 0.407 e. The first-order valence-corrected chi connectivity index (χ1v) is 11.4. The van der Waals surface area contributed by atoms with Crippen molar-refractivity contribution in [2.24, 2.45) is 0 Å². The van der Waals surface area contributed by atoms with Gasteiger partial charge in [-0.05, 0) is 54.1 Å². The van der Waals surface area contributed by atoms with E-state index >= 15 is 0 Å². The number of fused-ring (bicyclic) bond motifs is 2. The molecule has 8 heteroatoms. The van der Waals surface area contributed by atoms with Gasteiger partial charge >= 0.3 is 6.09 Å². The van der Waals surface area contributed by atoms with Crippen molar-refractivity contribution in [1.82, 2.24) is 4.90 Å². The molecular weight excluding hydrogens is 434 g/mol. The molecule has 0 spiro atoms. The fraction of sp³-hybridized carbons (Fsp3) is 0.240. The average Bonchev–Trinajstić information content (AvgIpc) is 2.78. The van der Waals surface area contributed by atoms with E-state index in [2.05, 4.69) is 56.6 Å². The zero-order chi connectivity index (χ0) is 23.7. The van der Waals surface area contributed by atoms with Crippen molar-refractivity contribution in [3.8, 4) is 0 Å². The number of carbonyl (C=O) groups is 1. The van der Waals surface area contributed by atoms with Crippen LogP contribution in [-0.2, 0) is 6.54 Å². The van der Waals surface area contributed by atoms with Crippen LogP contribution in [-0.4, -0.2) is 51.3 Å². The van der Waals surface area contributed by atoms with E-state index in [1.165, 1.54) is 14.7 Å². The van der Waals surface area contributed by atoms with Gasteiger partial charge in [0.1, 0.15) is 0 Å². The van der Waals surface area contributed by atoms with Gasteiger partial charge in [0.2, 0.25) is 0 Å². The number of hydrogen-bond donors (Lipinski definition) is 2. The van der Waals surface area contributed by atoms with Gasteiger partial charge in [0.25, 0.3) is 0 Å². The van der Waals surface area contributed by atoms with E-state index in [4.69, 9.17) is 0 Å². The molecule has 3 aromatic carbocycles. The lowest BCUT2D eigenvalue weighted by atomic mass is 10.2. The van der Waals surface area contributed by atoms with Gasteiger partial charge in [-0.2, -0.15) is 0 Å². The van der Waals surface area contributed by atoms with Gasteiger partial charge in [-0.3, -0.25) is 10.4 Å². The molecule has 1 aliphatic rings. The molecule has 0 radical (unpaired) electrons. The largest absolute Gasteiger partial charge is 0.465 e. The summed E-state index contributed by atoms with van der Waals surface area (Å²) < 4.78 is 0. The maximum absolute atomic E-state index is 11.2. The molecule has 0 fully saturated rings. The smallest absolute Gasteiger partial charge is 0.407 e.